The van der Waals surface area contributed by atoms with Crippen LogP contribution in [-0.4, -0.2) is 29.0 Å². The van der Waals surface area contributed by atoms with Crippen molar-refractivity contribution >= 4 is 8.80 Å². The Kier molecular flexibility index (Phi) is 1.67. The average Bonchev–Trinajstić information content (AvgIpc) is 1.25. The van der Waals surface area contributed by atoms with E-state index in [1.54, 1.807) is 0 Å². The lowest BCUT2D eigenvalue weighted by molar-refractivity contribution is -0.109. The highest BCUT2D eigenvalue weighted by molar-refractivity contribution is 6.58. The van der Waals surface area contributed by atoms with Crippen molar-refractivity contribution in [1.29, 1.82) is 0 Å². The van der Waals surface area contributed by atoms with Crippen molar-refractivity contribution in [1.82, 2.24) is 0 Å². The molecule has 0 aliphatic carbocycles. The Balaban J connectivity index is 4.02. The number of rotatable bonds is 0. The molecule has 0 bridgehead atoms. The smallest absolute Gasteiger partial charge is 0.385 e. The summed E-state index contributed by atoms with van der Waals surface area (Å²) in [5.41, 5.74) is 0. The number of hydrogen-bond donors (Lipinski definition) is 3. The van der Waals surface area contributed by atoms with Crippen molar-refractivity contribution in [3.8, 4) is 0 Å². The van der Waals surface area contributed by atoms with Crippen molar-refractivity contribution in [2.45, 2.75) is 5.80 Å². The fourth-order valence-corrected chi connectivity index (χ4v) is 0. The lowest BCUT2D eigenvalue weighted by atomic mass is 11.5. The summed E-state index contributed by atoms with van der Waals surface area (Å²) in [5, 5.41) is 0. The molecule has 0 spiro atoms. The first-order valence-corrected chi connectivity index (χ1v) is 3.33. The van der Waals surface area contributed by atoms with Gasteiger partial charge in [0, 0.05) is 0 Å². The minimum atomic E-state index is -5.86. The van der Waals surface area contributed by atoms with Crippen LogP contribution < -0.4 is 0 Å². The van der Waals surface area contributed by atoms with Gasteiger partial charge >= 0.3 is 14.6 Å². The molecule has 0 atom stereocenters. The van der Waals surface area contributed by atoms with E-state index in [9.17, 15) is 13.2 Å². The van der Waals surface area contributed by atoms with Crippen molar-refractivity contribution in [3.63, 3.8) is 0 Å². The second kappa shape index (κ2) is 1.69. The topological polar surface area (TPSA) is 60.7 Å². The van der Waals surface area contributed by atoms with Gasteiger partial charge in [-0.15, -0.1) is 0 Å². The SMILES string of the molecule is O[Si](O)(O)C(F)(F)F. The van der Waals surface area contributed by atoms with Gasteiger partial charge in [0.25, 0.3) is 0 Å². The highest BCUT2D eigenvalue weighted by Gasteiger charge is 2.58. The van der Waals surface area contributed by atoms with Gasteiger partial charge in [0.05, 0.1) is 0 Å². The minimum absolute atomic E-state index is 5.26. The van der Waals surface area contributed by atoms with Gasteiger partial charge in [-0.05, 0) is 0 Å². The third kappa shape index (κ3) is 1.78. The Bertz CT molecular complexity index is 69.5. The third-order valence-electron chi connectivity index (χ3n) is 0.380. The van der Waals surface area contributed by atoms with Crippen LogP contribution in [0.15, 0.2) is 0 Å². The van der Waals surface area contributed by atoms with E-state index >= 15 is 0 Å². The normalized spacial score (nSPS) is 14.2. The maximum Gasteiger partial charge on any atom is 0.608 e. The van der Waals surface area contributed by atoms with Gasteiger partial charge in [0.1, 0.15) is 0 Å². The van der Waals surface area contributed by atoms with E-state index in [0.29, 0.717) is 0 Å². The summed E-state index contributed by atoms with van der Waals surface area (Å²) in [6.07, 6.45) is 0. The summed E-state index contributed by atoms with van der Waals surface area (Å²) in [6.45, 7) is 0. The molecule has 0 heterocycles. The monoisotopic (exact) mass is 148 g/mol. The zero-order valence-electron chi connectivity index (χ0n) is 3.48. The first kappa shape index (κ1) is 7.89. The molecule has 0 saturated carbocycles. The molecule has 3 N–H and O–H groups in total. The van der Waals surface area contributed by atoms with E-state index in [1.807, 2.05) is 0 Å². The molecule has 50 valence electrons. The van der Waals surface area contributed by atoms with Crippen molar-refractivity contribution in [2.24, 2.45) is 0 Å². The van der Waals surface area contributed by atoms with Gasteiger partial charge in [-0.2, -0.15) is 13.2 Å². The number of hydrogen-bond acceptors (Lipinski definition) is 3. The summed E-state index contributed by atoms with van der Waals surface area (Å²) in [4.78, 5) is 22.4. The molecule has 0 amide bonds. The predicted octanol–water partition coefficient (Wildman–Crippen LogP) is -0.996. The summed E-state index contributed by atoms with van der Waals surface area (Å²) >= 11 is 0. The molecular weight excluding hydrogens is 145 g/mol. The molecule has 0 aliphatic rings. The van der Waals surface area contributed by atoms with Crippen molar-refractivity contribution in [3.05, 3.63) is 0 Å². The van der Waals surface area contributed by atoms with Crippen molar-refractivity contribution < 1.29 is 27.6 Å². The van der Waals surface area contributed by atoms with E-state index in [0.717, 1.165) is 0 Å². The standard InChI is InChI=1S/CH3F3O3Si/c2-1(3,4)8(5,6)7/h5-7H. The van der Waals surface area contributed by atoms with Crippen LogP contribution in [0.5, 0.6) is 0 Å². The molecule has 7 heteroatoms. The van der Waals surface area contributed by atoms with Crippen LogP contribution in [0, 0.1) is 0 Å². The molecule has 0 aromatic rings. The molecule has 8 heavy (non-hydrogen) atoms. The van der Waals surface area contributed by atoms with Gasteiger partial charge in [0.2, 0.25) is 0 Å². The Hall–Kier alpha value is -0.113. The Labute approximate surface area is 43.4 Å². The van der Waals surface area contributed by atoms with Crippen LogP contribution >= 0.6 is 0 Å². The van der Waals surface area contributed by atoms with Gasteiger partial charge in [-0.3, -0.25) is 0 Å². The van der Waals surface area contributed by atoms with Gasteiger partial charge < -0.3 is 14.4 Å². The molecule has 0 radical (unpaired) electrons. The third-order valence-corrected chi connectivity index (χ3v) is 1.14. The Morgan fingerprint density at radius 3 is 1.12 bits per heavy atom. The van der Waals surface area contributed by atoms with Crippen LogP contribution in [-0.2, 0) is 0 Å². The highest BCUT2D eigenvalue weighted by Crippen LogP contribution is 2.21. The summed E-state index contributed by atoms with van der Waals surface area (Å²) in [7, 11) is -5.86. The quantitative estimate of drug-likeness (QED) is 0.386. The van der Waals surface area contributed by atoms with Crippen LogP contribution in [0.3, 0.4) is 0 Å². The molecule has 3 nitrogen and oxygen atoms in total. The zero-order chi connectivity index (χ0) is 7.00. The molecular formula is CH3F3O3Si. The Morgan fingerprint density at radius 2 is 1.12 bits per heavy atom. The average molecular weight is 148 g/mol. The molecule has 0 aromatic carbocycles. The first-order chi connectivity index (χ1) is 3.25. The van der Waals surface area contributed by atoms with Gasteiger partial charge in [-0.25, -0.2) is 0 Å². The zero-order valence-corrected chi connectivity index (χ0v) is 4.48. The van der Waals surface area contributed by atoms with E-state index in [2.05, 4.69) is 0 Å². The number of alkyl halides is 3. The van der Waals surface area contributed by atoms with Crippen LogP contribution in [0.2, 0.25) is 0 Å². The summed E-state index contributed by atoms with van der Waals surface area (Å²) in [6, 6.07) is 0. The number of halogens is 3. The first-order valence-electron chi connectivity index (χ1n) is 1.49. The summed E-state index contributed by atoms with van der Waals surface area (Å²) < 4.78 is 32.6. The van der Waals surface area contributed by atoms with Gasteiger partial charge in [-0.1, -0.05) is 0 Å². The molecule has 0 saturated heterocycles. The van der Waals surface area contributed by atoms with Crippen LogP contribution in [0.4, 0.5) is 13.2 Å². The molecule has 0 aliphatic heterocycles. The highest BCUT2D eigenvalue weighted by atomic mass is 28.4. The maximum absolute atomic E-state index is 10.9. The lowest BCUT2D eigenvalue weighted by Crippen LogP contribution is -2.51. The maximum atomic E-state index is 10.9. The molecule has 0 unspecified atom stereocenters. The van der Waals surface area contributed by atoms with Crippen molar-refractivity contribution in [2.75, 3.05) is 0 Å². The predicted molar refractivity (Wildman–Crippen MR) is 18.5 cm³/mol. The van der Waals surface area contributed by atoms with E-state index in [4.69, 9.17) is 14.4 Å². The van der Waals surface area contributed by atoms with E-state index < -0.39 is 14.6 Å². The summed E-state index contributed by atoms with van der Waals surface area (Å²) in [5.74, 6) is -5.26. The minimum Gasteiger partial charge on any atom is -0.385 e. The van der Waals surface area contributed by atoms with Crippen LogP contribution in [0.25, 0.3) is 0 Å². The molecule has 0 fully saturated rings. The fraction of sp³-hybridized carbons (Fsp3) is 1.00. The Morgan fingerprint density at radius 1 is 1.00 bits per heavy atom. The lowest BCUT2D eigenvalue weighted by Gasteiger charge is -2.11. The molecule has 0 aromatic heterocycles. The second-order valence-corrected chi connectivity index (χ2v) is 2.97. The van der Waals surface area contributed by atoms with Gasteiger partial charge in [0.15, 0.2) is 0 Å². The second-order valence-electron chi connectivity index (χ2n) is 1.13. The van der Waals surface area contributed by atoms with E-state index in [-0.39, 0.29) is 0 Å². The van der Waals surface area contributed by atoms with E-state index in [1.165, 1.54) is 0 Å². The van der Waals surface area contributed by atoms with Crippen LogP contribution in [0.1, 0.15) is 0 Å². The largest absolute Gasteiger partial charge is 0.608 e. The molecule has 0 rings (SSSR count). The fourth-order valence-electron chi connectivity index (χ4n) is 0.